The first kappa shape index (κ1) is 64.9. The molecule has 0 bridgehead atoms. The second-order valence-electron chi connectivity index (χ2n) is 18.7. The van der Waals surface area contributed by atoms with Crippen molar-refractivity contribution in [1.82, 2.24) is 0 Å². The highest BCUT2D eigenvalue weighted by Gasteiger charge is 2.27. The van der Waals surface area contributed by atoms with E-state index in [1.807, 2.05) is 0 Å². The molecule has 4 N–H and O–H groups in total. The van der Waals surface area contributed by atoms with Crippen LogP contribution in [0.25, 0.3) is 0 Å². The number of carboxylic acid groups (broad SMARTS) is 1. The number of hydrogen-bond acceptors (Lipinski definition) is 8. The van der Waals surface area contributed by atoms with Gasteiger partial charge in [0.1, 0.15) is 12.1 Å². The molecule has 0 fully saturated rings. The van der Waals surface area contributed by atoms with E-state index in [0.717, 1.165) is 57.8 Å². The van der Waals surface area contributed by atoms with Gasteiger partial charge in [0.05, 0.1) is 19.8 Å². The van der Waals surface area contributed by atoms with Crippen molar-refractivity contribution in [1.29, 1.82) is 0 Å². The van der Waals surface area contributed by atoms with Crippen LogP contribution in [0.1, 0.15) is 258 Å². The maximum absolute atomic E-state index is 12.7. The molecule has 67 heavy (non-hydrogen) atoms. The molecule has 0 amide bonds. The van der Waals surface area contributed by atoms with Gasteiger partial charge in [0.2, 0.25) is 0 Å². The Morgan fingerprint density at radius 2 is 0.821 bits per heavy atom. The second kappa shape index (κ2) is 51.8. The lowest BCUT2D eigenvalue weighted by Crippen LogP contribution is -2.34. The van der Waals surface area contributed by atoms with E-state index in [-0.39, 0.29) is 13.0 Å². The average Bonchev–Trinajstić information content (AvgIpc) is 3.31. The van der Waals surface area contributed by atoms with Gasteiger partial charge in [0.25, 0.3) is 0 Å². The molecule has 0 spiro atoms. The van der Waals surface area contributed by atoms with Gasteiger partial charge in [-0.05, 0) is 77.0 Å². The minimum absolute atomic E-state index is 0.0149. The third-order valence-electron chi connectivity index (χ3n) is 12.1. The van der Waals surface area contributed by atoms with Crippen molar-refractivity contribution in [2.45, 2.75) is 270 Å². The number of aliphatic carboxylic acids is 1. The van der Waals surface area contributed by atoms with Crippen molar-refractivity contribution in [2.24, 2.45) is 5.73 Å². The second-order valence-corrected chi connectivity index (χ2v) is 20.2. The lowest BCUT2D eigenvalue weighted by atomic mass is 10.0. The summed E-state index contributed by atoms with van der Waals surface area (Å²) >= 11 is 0. The summed E-state index contributed by atoms with van der Waals surface area (Å²) in [5.74, 6) is -1.78. The molecule has 3 atom stereocenters. The zero-order chi connectivity index (χ0) is 49.0. The molecule has 0 aliphatic rings. The molecule has 0 radical (unpaired) electrons. The van der Waals surface area contributed by atoms with Crippen LogP contribution in [0.15, 0.2) is 48.6 Å². The number of unbranched alkanes of at least 4 members (excludes halogenated alkanes) is 31. The molecule has 0 aromatic carbocycles. The number of esters is 1. The van der Waals surface area contributed by atoms with Crippen LogP contribution in [-0.2, 0) is 32.7 Å². The molecule has 0 heterocycles. The molecule has 0 aliphatic heterocycles. The monoisotopic (exact) mass is 966 g/mol. The lowest BCUT2D eigenvalue weighted by Gasteiger charge is -2.20. The van der Waals surface area contributed by atoms with Gasteiger partial charge in [-0.15, -0.1) is 0 Å². The number of phosphoric ester groups is 1. The third-order valence-corrected chi connectivity index (χ3v) is 13.0. The van der Waals surface area contributed by atoms with Crippen LogP contribution >= 0.6 is 7.82 Å². The summed E-state index contributed by atoms with van der Waals surface area (Å²) in [6.45, 7) is 3.89. The topological polar surface area (TPSA) is 155 Å². The van der Waals surface area contributed by atoms with Crippen LogP contribution in [-0.4, -0.2) is 60.5 Å². The number of rotatable bonds is 53. The van der Waals surface area contributed by atoms with Crippen LogP contribution in [0.2, 0.25) is 0 Å². The minimum atomic E-state index is -4.63. The maximum Gasteiger partial charge on any atom is 0.472 e. The van der Waals surface area contributed by atoms with Crippen molar-refractivity contribution in [3.8, 4) is 0 Å². The van der Waals surface area contributed by atoms with Gasteiger partial charge in [0, 0.05) is 13.0 Å². The van der Waals surface area contributed by atoms with E-state index in [9.17, 15) is 19.0 Å². The largest absolute Gasteiger partial charge is 0.480 e. The fraction of sp³-hybridized carbons (Fsp3) is 0.821. The van der Waals surface area contributed by atoms with Crippen molar-refractivity contribution in [3.05, 3.63) is 48.6 Å². The Balaban J connectivity index is 4.10. The van der Waals surface area contributed by atoms with Gasteiger partial charge in [-0.3, -0.25) is 18.6 Å². The summed E-state index contributed by atoms with van der Waals surface area (Å²) in [5, 5.41) is 8.94. The highest BCUT2D eigenvalue weighted by molar-refractivity contribution is 7.47. The van der Waals surface area contributed by atoms with Crippen LogP contribution < -0.4 is 5.73 Å². The zero-order valence-corrected chi connectivity index (χ0v) is 44.1. The van der Waals surface area contributed by atoms with Crippen molar-refractivity contribution >= 4 is 19.8 Å². The SMILES string of the molecule is CCCCCCC/C=C\C/C=C\CCCCCCCCCCCCCCOCC(COP(=O)(O)OCC(N)C(=O)O)OC(=O)CCCCCCCCCCC/C=C\C/C=C\CCCCCCC. The highest BCUT2D eigenvalue weighted by atomic mass is 31.2. The van der Waals surface area contributed by atoms with Crippen LogP contribution in [0.3, 0.4) is 0 Å². The Hall–Kier alpha value is -2.07. The Morgan fingerprint density at radius 3 is 1.21 bits per heavy atom. The van der Waals surface area contributed by atoms with E-state index >= 15 is 0 Å². The fourth-order valence-corrected chi connectivity index (χ4v) is 8.56. The number of ether oxygens (including phenoxy) is 2. The van der Waals surface area contributed by atoms with Gasteiger partial charge >= 0.3 is 19.8 Å². The normalized spacial score (nSPS) is 14.0. The fourth-order valence-electron chi connectivity index (χ4n) is 7.78. The summed E-state index contributed by atoms with van der Waals surface area (Å²) in [5.41, 5.74) is 5.38. The predicted molar refractivity (Wildman–Crippen MR) is 281 cm³/mol. The molecule has 0 aliphatic carbocycles. The zero-order valence-electron chi connectivity index (χ0n) is 43.2. The van der Waals surface area contributed by atoms with Crippen LogP contribution in [0, 0.1) is 0 Å². The molecule has 0 rings (SSSR count). The van der Waals surface area contributed by atoms with E-state index in [2.05, 4.69) is 62.5 Å². The molecule has 10 nitrogen and oxygen atoms in total. The molecule has 0 saturated heterocycles. The number of hydrogen-bond donors (Lipinski definition) is 3. The smallest absolute Gasteiger partial charge is 0.472 e. The van der Waals surface area contributed by atoms with Crippen LogP contribution in [0.5, 0.6) is 0 Å². The summed E-state index contributed by atoms with van der Waals surface area (Å²) in [6, 6.07) is -1.48. The van der Waals surface area contributed by atoms with Crippen molar-refractivity contribution in [3.63, 3.8) is 0 Å². The van der Waals surface area contributed by atoms with Gasteiger partial charge in [-0.1, -0.05) is 223 Å². The minimum Gasteiger partial charge on any atom is -0.480 e. The number of allylic oxidation sites excluding steroid dienone is 8. The molecule has 0 aromatic rings. The summed E-state index contributed by atoms with van der Waals surface area (Å²) in [4.78, 5) is 33.8. The van der Waals surface area contributed by atoms with E-state index in [4.69, 9.17) is 29.4 Å². The summed E-state index contributed by atoms with van der Waals surface area (Å²) < 4.78 is 33.6. The molecule has 0 saturated carbocycles. The van der Waals surface area contributed by atoms with Gasteiger partial charge in [0.15, 0.2) is 0 Å². The third kappa shape index (κ3) is 51.6. The van der Waals surface area contributed by atoms with Gasteiger partial charge in [-0.2, -0.15) is 0 Å². The first-order valence-electron chi connectivity index (χ1n) is 27.7. The Kier molecular flexibility index (Phi) is 50.2. The molecule has 392 valence electrons. The lowest BCUT2D eigenvalue weighted by molar-refractivity contribution is -0.154. The molecule has 11 heteroatoms. The number of carboxylic acids is 1. The molecular weight excluding hydrogens is 862 g/mol. The Morgan fingerprint density at radius 1 is 0.478 bits per heavy atom. The maximum atomic E-state index is 12.7. The van der Waals surface area contributed by atoms with Gasteiger partial charge in [-0.25, -0.2) is 4.57 Å². The number of carbonyl (C=O) groups excluding carboxylic acids is 1. The average molecular weight is 966 g/mol. The molecular formula is C56H104NO9P. The summed E-state index contributed by atoms with van der Waals surface area (Å²) in [6.07, 6.45) is 63.1. The first-order chi connectivity index (χ1) is 32.7. The number of phosphoric acid groups is 1. The van der Waals surface area contributed by atoms with Crippen LogP contribution in [0.4, 0.5) is 0 Å². The molecule has 3 unspecified atom stereocenters. The van der Waals surface area contributed by atoms with Crippen molar-refractivity contribution in [2.75, 3.05) is 26.4 Å². The van der Waals surface area contributed by atoms with Gasteiger partial charge < -0.3 is 25.2 Å². The van der Waals surface area contributed by atoms with Crippen molar-refractivity contribution < 1.29 is 42.7 Å². The Bertz CT molecular complexity index is 1250. The number of nitrogens with two attached hydrogens (primary N) is 1. The van der Waals surface area contributed by atoms with E-state index in [0.29, 0.717) is 13.0 Å². The Labute approximate surface area is 411 Å². The standard InChI is InChI=1S/C56H104NO9P/c1-3-5-7-9-11-13-15-17-19-21-23-25-26-27-29-31-33-35-37-39-41-43-45-47-49-63-50-53(51-64-67(61,62)65-52-54(57)56(59)60)66-55(58)48-46-44-42-40-38-36-34-32-30-28-24-22-20-18-16-14-12-10-8-6-4-2/h15-18,21-24,53-54H,3-14,19-20,25-52,57H2,1-2H3,(H,59,60)(H,61,62)/b17-15-,18-16-,23-21-,24-22-. The first-order valence-corrected chi connectivity index (χ1v) is 29.2. The predicted octanol–water partition coefficient (Wildman–Crippen LogP) is 16.5. The van der Waals surface area contributed by atoms with E-state index in [1.165, 1.54) is 173 Å². The quantitative estimate of drug-likeness (QED) is 0.0232. The van der Waals surface area contributed by atoms with E-state index in [1.54, 1.807) is 0 Å². The molecule has 0 aromatic heterocycles. The highest BCUT2D eigenvalue weighted by Crippen LogP contribution is 2.43. The van der Waals surface area contributed by atoms with E-state index < -0.39 is 45.1 Å². The number of carbonyl (C=O) groups is 2. The summed E-state index contributed by atoms with van der Waals surface area (Å²) in [7, 11) is -4.63.